The van der Waals surface area contributed by atoms with E-state index in [2.05, 4.69) is 9.97 Å². The van der Waals surface area contributed by atoms with Crippen LogP contribution in [0.5, 0.6) is 0 Å². The van der Waals surface area contributed by atoms with Crippen molar-refractivity contribution in [3.63, 3.8) is 0 Å². The van der Waals surface area contributed by atoms with Crippen LogP contribution in [0.4, 0.5) is 5.95 Å². The number of aryl methyl sites for hydroxylation is 1. The second kappa shape index (κ2) is 4.85. The molecular weight excluding hydrogens is 254 g/mol. The summed E-state index contributed by atoms with van der Waals surface area (Å²) < 4.78 is 0.514. The molecule has 0 fully saturated rings. The molecule has 0 saturated heterocycles. The zero-order chi connectivity index (χ0) is 12.4. The number of aromatic amines is 1. The highest BCUT2D eigenvalue weighted by Gasteiger charge is 2.08. The summed E-state index contributed by atoms with van der Waals surface area (Å²) in [5, 5.41) is 0.699. The van der Waals surface area contributed by atoms with Crippen molar-refractivity contribution in [2.24, 2.45) is 0 Å². The topological polar surface area (TPSA) is 54.7 Å². The number of aromatic nitrogens is 2. The second-order valence-electron chi connectivity index (χ2n) is 3.64. The number of nitrogens with two attached hydrogens (primary N) is 1. The molecule has 0 radical (unpaired) electrons. The summed E-state index contributed by atoms with van der Waals surface area (Å²) in [7, 11) is 0. The van der Waals surface area contributed by atoms with Crippen LogP contribution in [0.2, 0.25) is 5.02 Å². The first kappa shape index (κ1) is 12.1. The van der Waals surface area contributed by atoms with Crippen LogP contribution in [-0.2, 0) is 6.42 Å². The summed E-state index contributed by atoms with van der Waals surface area (Å²) in [6, 6.07) is 7.53. The van der Waals surface area contributed by atoms with Crippen LogP contribution >= 0.6 is 23.8 Å². The van der Waals surface area contributed by atoms with E-state index in [0.29, 0.717) is 15.6 Å². The highest BCUT2D eigenvalue weighted by molar-refractivity contribution is 7.71. The van der Waals surface area contributed by atoms with Gasteiger partial charge in [0.2, 0.25) is 0 Å². The van der Waals surface area contributed by atoms with Gasteiger partial charge in [-0.1, -0.05) is 42.9 Å². The van der Waals surface area contributed by atoms with Gasteiger partial charge in [-0.15, -0.1) is 0 Å². The van der Waals surface area contributed by atoms with Gasteiger partial charge in [0.05, 0.1) is 0 Å². The molecule has 3 nitrogen and oxygen atoms in total. The summed E-state index contributed by atoms with van der Waals surface area (Å²) >= 11 is 11.1. The molecule has 88 valence electrons. The first-order valence-electron chi connectivity index (χ1n) is 5.26. The molecular formula is C12H12ClN3S. The lowest BCUT2D eigenvalue weighted by atomic mass is 10.0. The van der Waals surface area contributed by atoms with Crippen LogP contribution in [0, 0.1) is 4.64 Å². The monoisotopic (exact) mass is 265 g/mol. The number of hydrogen-bond acceptors (Lipinski definition) is 3. The largest absolute Gasteiger partial charge is 0.369 e. The quantitative estimate of drug-likeness (QED) is 0.816. The number of nitrogen functional groups attached to an aromatic ring is 1. The first-order valence-corrected chi connectivity index (χ1v) is 6.05. The smallest absolute Gasteiger partial charge is 0.198 e. The number of nitrogens with zero attached hydrogens (tertiary/aromatic N) is 1. The van der Waals surface area contributed by atoms with Gasteiger partial charge in [-0.25, -0.2) is 4.98 Å². The third kappa shape index (κ3) is 2.48. The van der Waals surface area contributed by atoms with Crippen molar-refractivity contribution in [2.45, 2.75) is 13.3 Å². The number of rotatable bonds is 2. The zero-order valence-electron chi connectivity index (χ0n) is 9.33. The minimum absolute atomic E-state index is 0.351. The van der Waals surface area contributed by atoms with Crippen molar-refractivity contribution >= 4 is 29.8 Å². The van der Waals surface area contributed by atoms with E-state index in [1.54, 1.807) is 0 Å². The van der Waals surface area contributed by atoms with E-state index >= 15 is 0 Å². The van der Waals surface area contributed by atoms with Gasteiger partial charge in [0.15, 0.2) is 5.95 Å². The third-order valence-corrected chi connectivity index (χ3v) is 3.05. The Kier molecular flexibility index (Phi) is 3.45. The predicted octanol–water partition coefficient (Wildman–Crippen LogP) is 3.60. The Labute approximate surface area is 110 Å². The summed E-state index contributed by atoms with van der Waals surface area (Å²) in [4.78, 5) is 7.13. The lowest BCUT2D eigenvalue weighted by molar-refractivity contribution is 1.01. The molecule has 17 heavy (non-hydrogen) atoms. The summed E-state index contributed by atoms with van der Waals surface area (Å²) in [5.41, 5.74) is 8.57. The van der Waals surface area contributed by atoms with Gasteiger partial charge < -0.3 is 10.7 Å². The zero-order valence-corrected chi connectivity index (χ0v) is 10.9. The average Bonchev–Trinajstić information content (AvgIpc) is 2.30. The van der Waals surface area contributed by atoms with E-state index in [1.807, 2.05) is 31.2 Å². The number of hydrogen-bond donors (Lipinski definition) is 2. The SMILES string of the molecule is CCc1[nH]c(N)nc(=S)c1-c1ccc(Cl)cc1. The highest BCUT2D eigenvalue weighted by Crippen LogP contribution is 2.25. The number of nitrogens with one attached hydrogen (secondary N) is 1. The number of anilines is 1. The van der Waals surface area contributed by atoms with E-state index < -0.39 is 0 Å². The number of halogens is 1. The molecule has 0 saturated carbocycles. The van der Waals surface area contributed by atoms with E-state index in [-0.39, 0.29) is 0 Å². The second-order valence-corrected chi connectivity index (χ2v) is 4.46. The lowest BCUT2D eigenvalue weighted by Crippen LogP contribution is -2.02. The van der Waals surface area contributed by atoms with E-state index in [0.717, 1.165) is 23.2 Å². The van der Waals surface area contributed by atoms with E-state index in [9.17, 15) is 0 Å². The predicted molar refractivity (Wildman–Crippen MR) is 73.7 cm³/mol. The Bertz CT molecular complexity index is 590. The summed E-state index contributed by atoms with van der Waals surface area (Å²) in [6.45, 7) is 2.04. The van der Waals surface area contributed by atoms with Crippen molar-refractivity contribution in [3.05, 3.63) is 39.6 Å². The number of benzene rings is 1. The van der Waals surface area contributed by atoms with Gasteiger partial charge in [-0.2, -0.15) is 0 Å². The minimum atomic E-state index is 0.351. The Morgan fingerprint density at radius 1 is 1.35 bits per heavy atom. The molecule has 1 aromatic heterocycles. The van der Waals surface area contributed by atoms with Crippen LogP contribution < -0.4 is 5.73 Å². The van der Waals surface area contributed by atoms with Crippen molar-refractivity contribution in [2.75, 3.05) is 5.73 Å². The standard InChI is InChI=1S/C12H12ClN3S/c1-2-9-10(11(17)16-12(14)15-9)7-3-5-8(13)6-4-7/h3-6H,2H2,1H3,(H3,14,15,16,17). The lowest BCUT2D eigenvalue weighted by Gasteiger charge is -2.09. The molecule has 0 unspecified atom stereocenters. The summed E-state index contributed by atoms with van der Waals surface area (Å²) in [5.74, 6) is 0.351. The third-order valence-electron chi connectivity index (χ3n) is 2.50. The van der Waals surface area contributed by atoms with Crippen LogP contribution in [-0.4, -0.2) is 9.97 Å². The van der Waals surface area contributed by atoms with Gasteiger partial charge in [-0.05, 0) is 24.1 Å². The van der Waals surface area contributed by atoms with Crippen LogP contribution in [0.3, 0.4) is 0 Å². The summed E-state index contributed by atoms with van der Waals surface area (Å²) in [6.07, 6.45) is 0.814. The van der Waals surface area contributed by atoms with Crippen molar-refractivity contribution in [3.8, 4) is 11.1 Å². The molecule has 0 aliphatic rings. The van der Waals surface area contributed by atoms with Gasteiger partial charge in [0.25, 0.3) is 0 Å². The fraction of sp³-hybridized carbons (Fsp3) is 0.167. The van der Waals surface area contributed by atoms with Crippen LogP contribution in [0.25, 0.3) is 11.1 Å². The van der Waals surface area contributed by atoms with Gasteiger partial charge in [-0.3, -0.25) is 0 Å². The Hall–Kier alpha value is -1.39. The molecule has 3 N–H and O–H groups in total. The highest BCUT2D eigenvalue weighted by atomic mass is 35.5. The fourth-order valence-corrected chi connectivity index (χ4v) is 2.18. The molecule has 2 rings (SSSR count). The maximum atomic E-state index is 5.87. The Balaban J connectivity index is 2.66. The molecule has 1 heterocycles. The molecule has 0 bridgehead atoms. The number of H-pyrrole nitrogens is 1. The van der Waals surface area contributed by atoms with Crippen molar-refractivity contribution in [1.82, 2.24) is 9.97 Å². The normalized spacial score (nSPS) is 10.5. The van der Waals surface area contributed by atoms with Crippen molar-refractivity contribution < 1.29 is 0 Å². The van der Waals surface area contributed by atoms with Crippen molar-refractivity contribution in [1.29, 1.82) is 0 Å². The maximum Gasteiger partial charge on any atom is 0.198 e. The molecule has 2 aromatic rings. The van der Waals surface area contributed by atoms with Gasteiger partial charge >= 0.3 is 0 Å². The molecule has 0 amide bonds. The molecule has 0 spiro atoms. The molecule has 1 aromatic carbocycles. The Morgan fingerprint density at radius 3 is 2.59 bits per heavy atom. The van der Waals surface area contributed by atoms with Crippen LogP contribution in [0.1, 0.15) is 12.6 Å². The first-order chi connectivity index (χ1) is 8.11. The minimum Gasteiger partial charge on any atom is -0.369 e. The van der Waals surface area contributed by atoms with Gasteiger partial charge in [0.1, 0.15) is 4.64 Å². The molecule has 0 aliphatic carbocycles. The van der Waals surface area contributed by atoms with E-state index in [4.69, 9.17) is 29.6 Å². The maximum absolute atomic E-state index is 5.87. The molecule has 0 atom stereocenters. The Morgan fingerprint density at radius 2 is 2.00 bits per heavy atom. The molecule has 5 heteroatoms. The fourth-order valence-electron chi connectivity index (χ4n) is 1.72. The molecule has 0 aliphatic heterocycles. The van der Waals surface area contributed by atoms with E-state index in [1.165, 1.54) is 0 Å². The van der Waals surface area contributed by atoms with Crippen LogP contribution in [0.15, 0.2) is 24.3 Å². The average molecular weight is 266 g/mol. The van der Waals surface area contributed by atoms with Gasteiger partial charge in [0, 0.05) is 16.3 Å².